The summed E-state index contributed by atoms with van der Waals surface area (Å²) in [5, 5.41) is 6.31. The molecule has 2 N–H and O–H groups in total. The quantitative estimate of drug-likeness (QED) is 0.529. The molecule has 1 aliphatic heterocycles. The molecule has 0 saturated carbocycles. The van der Waals surface area contributed by atoms with Crippen molar-refractivity contribution in [2.75, 3.05) is 31.3 Å². The Morgan fingerprint density at radius 2 is 2.25 bits per heavy atom. The number of anilines is 1. The van der Waals surface area contributed by atoms with Gasteiger partial charge < -0.3 is 15.4 Å². The summed E-state index contributed by atoms with van der Waals surface area (Å²) in [6.07, 6.45) is 3.12. The van der Waals surface area contributed by atoms with E-state index >= 15 is 0 Å². The molecule has 1 saturated heterocycles. The van der Waals surface area contributed by atoms with Gasteiger partial charge in [-0.2, -0.15) is 11.8 Å². The monoisotopic (exact) mass is 350 g/mol. The predicted molar refractivity (Wildman–Crippen MR) is 98.1 cm³/mol. The molecule has 1 fully saturated rings. The lowest BCUT2D eigenvalue weighted by atomic mass is 10.0. The first-order chi connectivity index (χ1) is 11.7. The van der Waals surface area contributed by atoms with Crippen LogP contribution in [0.1, 0.15) is 31.2 Å². The third-order valence-electron chi connectivity index (χ3n) is 4.10. The molecule has 1 atom stereocenters. The SMILES string of the molecule is COC(=O)CCSCc1cccc(NC(=O)CCC2CCNC2)c1. The highest BCUT2D eigenvalue weighted by atomic mass is 32.2. The molecular weight excluding hydrogens is 324 g/mol. The van der Waals surface area contributed by atoms with E-state index in [9.17, 15) is 9.59 Å². The van der Waals surface area contributed by atoms with Gasteiger partial charge in [-0.25, -0.2) is 0 Å². The molecule has 0 aromatic heterocycles. The second-order valence-electron chi connectivity index (χ2n) is 6.02. The number of rotatable bonds is 9. The average Bonchev–Trinajstić information content (AvgIpc) is 3.10. The average molecular weight is 350 g/mol. The number of methoxy groups -OCH3 is 1. The highest BCUT2D eigenvalue weighted by Crippen LogP contribution is 2.19. The number of benzene rings is 1. The van der Waals surface area contributed by atoms with Crippen molar-refractivity contribution in [3.8, 4) is 0 Å². The minimum atomic E-state index is -0.180. The topological polar surface area (TPSA) is 67.4 Å². The maximum absolute atomic E-state index is 12.1. The lowest BCUT2D eigenvalue weighted by molar-refractivity contribution is -0.140. The number of carbonyl (C=O) groups excluding carboxylic acids is 2. The summed E-state index contributed by atoms with van der Waals surface area (Å²) in [5.41, 5.74) is 1.98. The van der Waals surface area contributed by atoms with Gasteiger partial charge in [-0.15, -0.1) is 0 Å². The fraction of sp³-hybridized carbons (Fsp3) is 0.556. The number of ether oxygens (including phenoxy) is 1. The standard InChI is InChI=1S/C18H26N2O3S/c1-23-18(22)8-10-24-13-15-3-2-4-16(11-15)20-17(21)6-5-14-7-9-19-12-14/h2-4,11,14,19H,5-10,12-13H2,1H3,(H,20,21). The minimum absolute atomic E-state index is 0.0809. The number of esters is 1. The molecule has 5 nitrogen and oxygen atoms in total. The lowest BCUT2D eigenvalue weighted by Crippen LogP contribution is -2.15. The predicted octanol–water partition coefficient (Wildman–Crippen LogP) is 2.81. The van der Waals surface area contributed by atoms with Crippen LogP contribution in [0.4, 0.5) is 5.69 Å². The summed E-state index contributed by atoms with van der Waals surface area (Å²) in [4.78, 5) is 23.1. The van der Waals surface area contributed by atoms with Gasteiger partial charge in [0.2, 0.25) is 5.91 Å². The molecule has 0 aliphatic carbocycles. The summed E-state index contributed by atoms with van der Waals surface area (Å²) >= 11 is 1.68. The molecule has 132 valence electrons. The van der Waals surface area contributed by atoms with E-state index in [1.165, 1.54) is 13.5 Å². The van der Waals surface area contributed by atoms with Crippen LogP contribution in [0.25, 0.3) is 0 Å². The number of thioether (sulfide) groups is 1. The van der Waals surface area contributed by atoms with Crippen LogP contribution < -0.4 is 10.6 Å². The van der Waals surface area contributed by atoms with Crippen molar-refractivity contribution in [1.82, 2.24) is 5.32 Å². The maximum atomic E-state index is 12.1. The van der Waals surface area contributed by atoms with Crippen LogP contribution in [0.15, 0.2) is 24.3 Å². The van der Waals surface area contributed by atoms with Crippen LogP contribution >= 0.6 is 11.8 Å². The van der Waals surface area contributed by atoms with E-state index < -0.39 is 0 Å². The Labute approximate surface area is 147 Å². The van der Waals surface area contributed by atoms with Gasteiger partial charge >= 0.3 is 5.97 Å². The van der Waals surface area contributed by atoms with Gasteiger partial charge in [0.25, 0.3) is 0 Å². The van der Waals surface area contributed by atoms with Gasteiger partial charge in [-0.1, -0.05) is 12.1 Å². The Morgan fingerprint density at radius 1 is 1.38 bits per heavy atom. The highest BCUT2D eigenvalue weighted by Gasteiger charge is 2.15. The summed E-state index contributed by atoms with van der Waals surface area (Å²) in [5.74, 6) is 2.08. The summed E-state index contributed by atoms with van der Waals surface area (Å²) in [6, 6.07) is 7.90. The Bertz CT molecular complexity index is 545. The van der Waals surface area contributed by atoms with Crippen molar-refractivity contribution in [2.24, 2.45) is 5.92 Å². The highest BCUT2D eigenvalue weighted by molar-refractivity contribution is 7.98. The summed E-state index contributed by atoms with van der Waals surface area (Å²) in [6.45, 7) is 2.10. The van der Waals surface area contributed by atoms with E-state index in [2.05, 4.69) is 15.4 Å². The van der Waals surface area contributed by atoms with Crippen molar-refractivity contribution in [3.63, 3.8) is 0 Å². The molecule has 1 amide bonds. The Morgan fingerprint density at radius 3 is 3.00 bits per heavy atom. The molecule has 6 heteroatoms. The summed E-state index contributed by atoms with van der Waals surface area (Å²) in [7, 11) is 1.41. The zero-order valence-electron chi connectivity index (χ0n) is 14.2. The van der Waals surface area contributed by atoms with E-state index in [1.54, 1.807) is 11.8 Å². The third-order valence-corrected chi connectivity index (χ3v) is 5.13. The van der Waals surface area contributed by atoms with Crippen molar-refractivity contribution in [1.29, 1.82) is 0 Å². The number of hydrogen-bond acceptors (Lipinski definition) is 5. The van der Waals surface area contributed by atoms with E-state index in [4.69, 9.17) is 0 Å². The number of nitrogens with one attached hydrogen (secondary N) is 2. The zero-order valence-corrected chi connectivity index (χ0v) is 15.0. The van der Waals surface area contributed by atoms with Gasteiger partial charge in [-0.05, 0) is 49.5 Å². The van der Waals surface area contributed by atoms with Gasteiger partial charge in [0.1, 0.15) is 0 Å². The van der Waals surface area contributed by atoms with Gasteiger partial charge in [0.05, 0.1) is 13.5 Å². The Kier molecular flexibility index (Phi) is 8.12. The molecule has 1 unspecified atom stereocenters. The van der Waals surface area contributed by atoms with E-state index in [1.807, 2.05) is 24.3 Å². The summed E-state index contributed by atoms with van der Waals surface area (Å²) < 4.78 is 4.62. The first-order valence-electron chi connectivity index (χ1n) is 8.41. The van der Waals surface area contributed by atoms with Crippen LogP contribution in [-0.2, 0) is 20.1 Å². The van der Waals surface area contributed by atoms with Crippen molar-refractivity contribution in [3.05, 3.63) is 29.8 Å². The molecule has 1 aromatic carbocycles. The van der Waals surface area contributed by atoms with Gasteiger partial charge in [0.15, 0.2) is 0 Å². The second-order valence-corrected chi connectivity index (χ2v) is 7.13. The third kappa shape index (κ3) is 6.93. The molecule has 0 spiro atoms. The molecule has 24 heavy (non-hydrogen) atoms. The molecule has 2 rings (SSSR count). The smallest absolute Gasteiger partial charge is 0.306 e. The molecule has 0 radical (unpaired) electrons. The Hall–Kier alpha value is -1.53. The first kappa shape index (κ1) is 18.8. The van der Waals surface area contributed by atoms with E-state index in [0.29, 0.717) is 18.8 Å². The van der Waals surface area contributed by atoms with E-state index in [-0.39, 0.29) is 11.9 Å². The first-order valence-corrected chi connectivity index (χ1v) is 9.57. The molecule has 0 bridgehead atoms. The van der Waals surface area contributed by atoms with Crippen LogP contribution in [0.5, 0.6) is 0 Å². The number of amides is 1. The number of carbonyl (C=O) groups is 2. The fourth-order valence-corrected chi connectivity index (χ4v) is 3.58. The molecular formula is C18H26N2O3S. The van der Waals surface area contributed by atoms with E-state index in [0.717, 1.165) is 42.3 Å². The lowest BCUT2D eigenvalue weighted by Gasteiger charge is -2.10. The van der Waals surface area contributed by atoms with Crippen LogP contribution in [0, 0.1) is 5.92 Å². The van der Waals surface area contributed by atoms with Crippen molar-refractivity contribution >= 4 is 29.3 Å². The van der Waals surface area contributed by atoms with Crippen LogP contribution in [0.3, 0.4) is 0 Å². The largest absolute Gasteiger partial charge is 0.469 e. The van der Waals surface area contributed by atoms with Crippen molar-refractivity contribution < 1.29 is 14.3 Å². The van der Waals surface area contributed by atoms with Gasteiger partial charge in [-0.3, -0.25) is 9.59 Å². The zero-order chi connectivity index (χ0) is 17.2. The maximum Gasteiger partial charge on any atom is 0.306 e. The van der Waals surface area contributed by atoms with Crippen LogP contribution in [-0.4, -0.2) is 37.8 Å². The fourth-order valence-electron chi connectivity index (χ4n) is 2.71. The molecule has 1 heterocycles. The number of hydrogen-bond donors (Lipinski definition) is 2. The van der Waals surface area contributed by atoms with Crippen LogP contribution in [0.2, 0.25) is 0 Å². The molecule has 1 aromatic rings. The van der Waals surface area contributed by atoms with Crippen molar-refractivity contribution in [2.45, 2.75) is 31.4 Å². The second kappa shape index (κ2) is 10.4. The molecule has 1 aliphatic rings. The minimum Gasteiger partial charge on any atom is -0.469 e. The normalized spacial score (nSPS) is 16.8. The Balaban J connectivity index is 1.70. The van der Waals surface area contributed by atoms with Gasteiger partial charge in [0, 0.05) is 23.6 Å².